The molecule has 7 nitrogen and oxygen atoms in total. The fraction of sp³-hybridized carbons (Fsp3) is 0.893. The van der Waals surface area contributed by atoms with Crippen molar-refractivity contribution >= 4 is 17.9 Å². The van der Waals surface area contributed by atoms with Gasteiger partial charge in [-0.3, -0.25) is 14.4 Å². The lowest BCUT2D eigenvalue weighted by Gasteiger charge is -2.68. The number of cyclic esters (lactones) is 1. The Labute approximate surface area is 209 Å². The first-order valence-corrected chi connectivity index (χ1v) is 13.6. The van der Waals surface area contributed by atoms with Crippen molar-refractivity contribution in [2.45, 2.75) is 98.7 Å². The smallest absolute Gasteiger partial charge is 0.309 e. The third-order valence-electron chi connectivity index (χ3n) is 10.0. The number of carbonyl (C=O) groups excluding carboxylic acids is 3. The Morgan fingerprint density at radius 2 is 1.86 bits per heavy atom. The lowest BCUT2D eigenvalue weighted by Crippen LogP contribution is -2.70. The third kappa shape index (κ3) is 4.30. The summed E-state index contributed by atoms with van der Waals surface area (Å²) in [5, 5.41) is 11.7. The first kappa shape index (κ1) is 26.4. The molecule has 1 heterocycles. The fourth-order valence-corrected chi connectivity index (χ4v) is 8.60. The van der Waals surface area contributed by atoms with Crippen LogP contribution in [0.25, 0.3) is 0 Å². The maximum absolute atomic E-state index is 13.0. The number of aliphatic hydroxyl groups excluding tert-OH is 1. The van der Waals surface area contributed by atoms with Crippen LogP contribution in [0.5, 0.6) is 0 Å². The van der Waals surface area contributed by atoms with Crippen molar-refractivity contribution in [2.75, 3.05) is 13.2 Å². The van der Waals surface area contributed by atoms with Crippen molar-refractivity contribution in [1.29, 1.82) is 0 Å². The molecule has 0 aromatic rings. The lowest BCUT2D eigenvalue weighted by molar-refractivity contribution is -0.270. The molecule has 4 rings (SSSR count). The first-order chi connectivity index (χ1) is 16.4. The maximum atomic E-state index is 13.0. The highest BCUT2D eigenvalue weighted by atomic mass is 16.6. The van der Waals surface area contributed by atoms with Gasteiger partial charge >= 0.3 is 17.9 Å². The number of hydrogen-bond acceptors (Lipinski definition) is 7. The van der Waals surface area contributed by atoms with Gasteiger partial charge in [0.25, 0.3) is 0 Å². The Morgan fingerprint density at radius 1 is 1.14 bits per heavy atom. The van der Waals surface area contributed by atoms with E-state index in [1.807, 2.05) is 13.8 Å². The summed E-state index contributed by atoms with van der Waals surface area (Å²) in [6.45, 7) is 12.9. The zero-order valence-corrected chi connectivity index (χ0v) is 22.3. The van der Waals surface area contributed by atoms with Crippen LogP contribution >= 0.6 is 0 Å². The van der Waals surface area contributed by atoms with Crippen LogP contribution in [0.3, 0.4) is 0 Å². The molecular formula is C28H44O7. The summed E-state index contributed by atoms with van der Waals surface area (Å²) in [4.78, 5) is 38.0. The van der Waals surface area contributed by atoms with Crippen LogP contribution < -0.4 is 0 Å². The zero-order valence-electron chi connectivity index (χ0n) is 22.3. The standard InChI is InChI=1S/C28H44O7/c1-7-22(30)34-15-28-10-8-9-26(4,5)20(28)13-21(35-23(31)11-16(2)3)27(6)18-14-33-25(32)17(18)12-19(29)24(27)28/h16-21,24,29H,7-15H2,1-6H3. The maximum Gasteiger partial charge on any atom is 0.309 e. The second kappa shape index (κ2) is 9.35. The van der Waals surface area contributed by atoms with Crippen LogP contribution in [-0.4, -0.2) is 48.4 Å². The van der Waals surface area contributed by atoms with E-state index in [-0.39, 0.29) is 60.2 Å². The average Bonchev–Trinajstić information content (AvgIpc) is 3.13. The van der Waals surface area contributed by atoms with Gasteiger partial charge in [0.05, 0.1) is 25.2 Å². The van der Waals surface area contributed by atoms with E-state index in [1.165, 1.54) is 0 Å². The number of aliphatic hydroxyl groups is 1. The molecule has 3 aliphatic carbocycles. The third-order valence-corrected chi connectivity index (χ3v) is 10.0. The quantitative estimate of drug-likeness (QED) is 0.436. The minimum atomic E-state index is -0.768. The highest BCUT2D eigenvalue weighted by Crippen LogP contribution is 2.70. The Balaban J connectivity index is 1.83. The first-order valence-electron chi connectivity index (χ1n) is 13.6. The van der Waals surface area contributed by atoms with Crippen LogP contribution in [0.15, 0.2) is 0 Å². The van der Waals surface area contributed by atoms with E-state index in [0.717, 1.165) is 19.3 Å². The predicted molar refractivity (Wildman–Crippen MR) is 129 cm³/mol. The second-order valence-corrected chi connectivity index (χ2v) is 12.9. The molecular weight excluding hydrogens is 448 g/mol. The van der Waals surface area contributed by atoms with E-state index in [1.54, 1.807) is 6.92 Å². The summed E-state index contributed by atoms with van der Waals surface area (Å²) < 4.78 is 17.7. The highest BCUT2D eigenvalue weighted by molar-refractivity contribution is 5.75. The summed E-state index contributed by atoms with van der Waals surface area (Å²) >= 11 is 0. The minimum absolute atomic E-state index is 0.0700. The Hall–Kier alpha value is -1.63. The SMILES string of the molecule is CCC(=O)OCC12CCCC(C)(C)C1CC(OC(=O)CC(C)C)C1(C)C3COC(=O)C3CC(O)C21. The van der Waals surface area contributed by atoms with Crippen LogP contribution in [0.4, 0.5) is 0 Å². The molecule has 4 fully saturated rings. The Bertz CT molecular complexity index is 850. The summed E-state index contributed by atoms with van der Waals surface area (Å²) in [6.07, 6.45) is 3.25. The van der Waals surface area contributed by atoms with Crippen molar-refractivity contribution in [2.24, 2.45) is 45.8 Å². The number of carbonyl (C=O) groups is 3. The number of ether oxygens (including phenoxy) is 3. The van der Waals surface area contributed by atoms with E-state index < -0.39 is 29.0 Å². The molecule has 7 heteroatoms. The molecule has 0 spiro atoms. The minimum Gasteiger partial charge on any atom is -0.465 e. The predicted octanol–water partition coefficient (Wildman–Crippen LogP) is 4.29. The average molecular weight is 493 g/mol. The summed E-state index contributed by atoms with van der Waals surface area (Å²) in [5.41, 5.74) is -1.18. The van der Waals surface area contributed by atoms with Crippen LogP contribution in [0.2, 0.25) is 0 Å². The van der Waals surface area contributed by atoms with E-state index in [4.69, 9.17) is 14.2 Å². The lowest BCUT2D eigenvalue weighted by atomic mass is 9.37. The fourth-order valence-electron chi connectivity index (χ4n) is 8.60. The van der Waals surface area contributed by atoms with Gasteiger partial charge in [-0.25, -0.2) is 0 Å². The number of rotatable bonds is 6. The Kier molecular flexibility index (Phi) is 7.06. The van der Waals surface area contributed by atoms with Crippen LogP contribution in [0, 0.1) is 45.8 Å². The molecule has 1 N–H and O–H groups in total. The normalized spacial score (nSPS) is 41.9. The van der Waals surface area contributed by atoms with E-state index in [0.29, 0.717) is 25.7 Å². The molecule has 0 bridgehead atoms. The van der Waals surface area contributed by atoms with Gasteiger partial charge in [0.1, 0.15) is 6.10 Å². The van der Waals surface area contributed by atoms with E-state index >= 15 is 0 Å². The summed E-state index contributed by atoms with van der Waals surface area (Å²) in [5.74, 6) is -1.28. The molecule has 3 saturated carbocycles. The highest BCUT2D eigenvalue weighted by Gasteiger charge is 2.72. The number of hydrogen-bond donors (Lipinski definition) is 1. The monoisotopic (exact) mass is 492 g/mol. The molecule has 8 atom stereocenters. The summed E-state index contributed by atoms with van der Waals surface area (Å²) in [6, 6.07) is 0. The van der Waals surface area contributed by atoms with Gasteiger partial charge in [0.15, 0.2) is 0 Å². The van der Waals surface area contributed by atoms with Crippen LogP contribution in [-0.2, 0) is 28.6 Å². The molecule has 8 unspecified atom stereocenters. The van der Waals surface area contributed by atoms with Crippen molar-refractivity contribution in [3.63, 3.8) is 0 Å². The van der Waals surface area contributed by atoms with Gasteiger partial charge in [0.2, 0.25) is 0 Å². The molecule has 0 amide bonds. The molecule has 0 radical (unpaired) electrons. The molecule has 0 aromatic heterocycles. The topological polar surface area (TPSA) is 99.1 Å². The van der Waals surface area contributed by atoms with Gasteiger partial charge in [-0.2, -0.15) is 0 Å². The molecule has 35 heavy (non-hydrogen) atoms. The second-order valence-electron chi connectivity index (χ2n) is 12.9. The molecule has 4 aliphatic rings. The molecule has 1 saturated heterocycles. The van der Waals surface area contributed by atoms with Gasteiger partial charge in [-0.1, -0.05) is 48.0 Å². The van der Waals surface area contributed by atoms with Crippen molar-refractivity contribution in [3.05, 3.63) is 0 Å². The van der Waals surface area contributed by atoms with Crippen molar-refractivity contribution < 1.29 is 33.7 Å². The van der Waals surface area contributed by atoms with Gasteiger partial charge < -0.3 is 19.3 Å². The Morgan fingerprint density at radius 3 is 2.51 bits per heavy atom. The van der Waals surface area contributed by atoms with Crippen LogP contribution in [0.1, 0.15) is 86.5 Å². The molecule has 0 aromatic carbocycles. The van der Waals surface area contributed by atoms with E-state index in [2.05, 4.69) is 20.8 Å². The number of fused-ring (bicyclic) bond motifs is 5. The molecule has 1 aliphatic heterocycles. The van der Waals surface area contributed by atoms with Gasteiger partial charge in [-0.15, -0.1) is 0 Å². The molecule has 198 valence electrons. The van der Waals surface area contributed by atoms with Crippen molar-refractivity contribution in [3.8, 4) is 0 Å². The van der Waals surface area contributed by atoms with E-state index in [9.17, 15) is 19.5 Å². The largest absolute Gasteiger partial charge is 0.465 e. The zero-order chi connectivity index (χ0) is 25.8. The van der Waals surface area contributed by atoms with Crippen molar-refractivity contribution in [1.82, 2.24) is 0 Å². The summed E-state index contributed by atoms with van der Waals surface area (Å²) in [7, 11) is 0. The number of esters is 3. The van der Waals surface area contributed by atoms with Gasteiger partial charge in [0, 0.05) is 35.5 Å². The van der Waals surface area contributed by atoms with Gasteiger partial charge in [-0.05, 0) is 42.9 Å².